The van der Waals surface area contributed by atoms with Gasteiger partial charge in [-0.2, -0.15) is 0 Å². The van der Waals surface area contributed by atoms with Gasteiger partial charge in [0.25, 0.3) is 0 Å². The third kappa shape index (κ3) is 5.26. The Kier molecular flexibility index (Phi) is 5.94. The summed E-state index contributed by atoms with van der Waals surface area (Å²) in [6.45, 7) is 0.500. The number of sulfonamides is 1. The Morgan fingerprint density at radius 2 is 1.97 bits per heavy atom. The summed E-state index contributed by atoms with van der Waals surface area (Å²) in [6.07, 6.45) is 8.29. The molecule has 9 heteroatoms. The van der Waals surface area contributed by atoms with Crippen LogP contribution in [0.2, 0.25) is 0 Å². The summed E-state index contributed by atoms with van der Waals surface area (Å²) < 4.78 is 31.0. The first-order chi connectivity index (χ1) is 15.0. The number of carbonyl (C=O) groups is 1. The van der Waals surface area contributed by atoms with Gasteiger partial charge >= 0.3 is 0 Å². The highest BCUT2D eigenvalue weighted by molar-refractivity contribution is 7.93. The summed E-state index contributed by atoms with van der Waals surface area (Å²) in [5, 5.41) is 2.78. The molecule has 1 amide bonds. The molecule has 1 aromatic heterocycles. The minimum absolute atomic E-state index is 0.180. The summed E-state index contributed by atoms with van der Waals surface area (Å²) in [5.41, 5.74) is 2.00. The highest BCUT2D eigenvalue weighted by Crippen LogP contribution is 2.25. The van der Waals surface area contributed by atoms with Gasteiger partial charge in [-0.05, 0) is 42.3 Å². The maximum absolute atomic E-state index is 12.3. The van der Waals surface area contributed by atoms with Crippen molar-refractivity contribution in [1.29, 1.82) is 0 Å². The average Bonchev–Trinajstić information content (AvgIpc) is 3.12. The number of hydrogen-bond acceptors (Lipinski definition) is 6. The summed E-state index contributed by atoms with van der Waals surface area (Å²) >= 11 is 0. The zero-order valence-corrected chi connectivity index (χ0v) is 17.3. The van der Waals surface area contributed by atoms with E-state index in [-0.39, 0.29) is 11.7 Å². The number of hydrogen-bond donors (Lipinski definition) is 1. The third-order valence-corrected chi connectivity index (χ3v) is 6.44. The zero-order chi connectivity index (χ0) is 21.7. The van der Waals surface area contributed by atoms with Crippen molar-refractivity contribution in [1.82, 2.24) is 9.97 Å². The van der Waals surface area contributed by atoms with Gasteiger partial charge in [0.1, 0.15) is 5.75 Å². The van der Waals surface area contributed by atoms with Crippen LogP contribution in [0.4, 0.5) is 11.4 Å². The molecule has 31 heavy (non-hydrogen) atoms. The molecule has 4 rings (SSSR count). The van der Waals surface area contributed by atoms with Gasteiger partial charge in [-0.25, -0.2) is 13.4 Å². The van der Waals surface area contributed by atoms with Crippen LogP contribution in [0.3, 0.4) is 0 Å². The lowest BCUT2D eigenvalue weighted by Crippen LogP contribution is -2.24. The van der Waals surface area contributed by atoms with Crippen molar-refractivity contribution in [3.05, 3.63) is 78.8 Å². The summed E-state index contributed by atoms with van der Waals surface area (Å²) in [7, 11) is -3.20. The molecule has 1 N–H and O–H groups in total. The maximum Gasteiger partial charge on any atom is 0.248 e. The van der Waals surface area contributed by atoms with Crippen LogP contribution in [0.5, 0.6) is 11.6 Å². The fourth-order valence-corrected chi connectivity index (χ4v) is 4.70. The smallest absolute Gasteiger partial charge is 0.248 e. The molecule has 0 unspecified atom stereocenters. The minimum Gasteiger partial charge on any atom is -0.437 e. The molecule has 2 heterocycles. The Morgan fingerprint density at radius 3 is 2.68 bits per heavy atom. The van der Waals surface area contributed by atoms with Gasteiger partial charge in [-0.1, -0.05) is 18.2 Å². The Labute approximate surface area is 180 Å². The number of carbonyl (C=O) groups excluding carboxylic acids is 1. The van der Waals surface area contributed by atoms with E-state index >= 15 is 0 Å². The number of aromatic nitrogens is 2. The van der Waals surface area contributed by atoms with Crippen LogP contribution in [-0.4, -0.2) is 36.6 Å². The number of benzene rings is 2. The molecule has 1 aliphatic heterocycles. The van der Waals surface area contributed by atoms with E-state index in [2.05, 4.69) is 15.3 Å². The van der Waals surface area contributed by atoms with Gasteiger partial charge in [0.15, 0.2) is 0 Å². The van der Waals surface area contributed by atoms with Crippen molar-refractivity contribution in [3.63, 3.8) is 0 Å². The van der Waals surface area contributed by atoms with Crippen molar-refractivity contribution in [2.24, 2.45) is 0 Å². The highest BCUT2D eigenvalue weighted by Gasteiger charge is 2.28. The molecule has 0 bridgehead atoms. The van der Waals surface area contributed by atoms with Crippen LogP contribution in [0.15, 0.2) is 73.2 Å². The largest absolute Gasteiger partial charge is 0.437 e. The molecule has 1 aliphatic rings. The second-order valence-electron chi connectivity index (χ2n) is 6.83. The van der Waals surface area contributed by atoms with Crippen molar-refractivity contribution >= 4 is 33.4 Å². The predicted octanol–water partition coefficient (Wildman–Crippen LogP) is 3.46. The number of ether oxygens (including phenoxy) is 1. The van der Waals surface area contributed by atoms with Crippen molar-refractivity contribution < 1.29 is 17.9 Å². The van der Waals surface area contributed by atoms with E-state index in [0.717, 1.165) is 5.56 Å². The molecule has 0 spiro atoms. The number of amides is 1. The molecule has 0 saturated carbocycles. The van der Waals surface area contributed by atoms with Crippen LogP contribution in [-0.2, 0) is 14.8 Å². The van der Waals surface area contributed by atoms with Crippen LogP contribution in [0.1, 0.15) is 12.0 Å². The molecule has 3 aromatic rings. The number of nitrogens with one attached hydrogen (secondary N) is 1. The first kappa shape index (κ1) is 20.5. The van der Waals surface area contributed by atoms with Crippen molar-refractivity contribution in [2.45, 2.75) is 6.42 Å². The molecule has 1 fully saturated rings. The normalized spacial score (nSPS) is 15.2. The quantitative estimate of drug-likeness (QED) is 0.594. The van der Waals surface area contributed by atoms with Crippen LogP contribution < -0.4 is 14.4 Å². The van der Waals surface area contributed by atoms with E-state index in [1.807, 2.05) is 0 Å². The zero-order valence-electron chi connectivity index (χ0n) is 16.5. The van der Waals surface area contributed by atoms with Gasteiger partial charge in [0.05, 0.1) is 17.6 Å². The van der Waals surface area contributed by atoms with E-state index < -0.39 is 10.0 Å². The Morgan fingerprint density at radius 1 is 1.13 bits per heavy atom. The lowest BCUT2D eigenvalue weighted by molar-refractivity contribution is -0.111. The second kappa shape index (κ2) is 8.97. The second-order valence-corrected chi connectivity index (χ2v) is 8.84. The van der Waals surface area contributed by atoms with E-state index in [1.165, 1.54) is 22.8 Å². The number of nitrogens with zero attached hydrogens (tertiary/aromatic N) is 3. The standard InChI is InChI=1S/C22H20N4O4S/c27-21(25-18-3-1-4-20(15-18)30-22-16-23-11-12-24-22)10-7-17-5-8-19(9-6-17)26-13-2-14-31(26,28)29/h1,3-12,15-16H,2,13-14H2,(H,25,27)/b10-7+. The van der Waals surface area contributed by atoms with E-state index in [9.17, 15) is 13.2 Å². The van der Waals surface area contributed by atoms with Gasteiger partial charge in [0.2, 0.25) is 21.8 Å². The number of anilines is 2. The minimum atomic E-state index is -3.20. The predicted molar refractivity (Wildman–Crippen MR) is 118 cm³/mol. The third-order valence-electron chi connectivity index (χ3n) is 4.57. The first-order valence-electron chi connectivity index (χ1n) is 9.63. The lowest BCUT2D eigenvalue weighted by Gasteiger charge is -2.16. The Balaban J connectivity index is 1.37. The Bertz CT molecular complexity index is 1200. The van der Waals surface area contributed by atoms with E-state index in [4.69, 9.17) is 4.74 Å². The van der Waals surface area contributed by atoms with E-state index in [0.29, 0.717) is 36.0 Å². The van der Waals surface area contributed by atoms with Crippen LogP contribution >= 0.6 is 0 Å². The summed E-state index contributed by atoms with van der Waals surface area (Å²) in [6, 6.07) is 14.0. The molecular formula is C22H20N4O4S. The monoisotopic (exact) mass is 436 g/mol. The lowest BCUT2D eigenvalue weighted by atomic mass is 10.2. The summed E-state index contributed by atoms with van der Waals surface area (Å²) in [5.74, 6) is 0.758. The molecule has 158 valence electrons. The molecule has 8 nitrogen and oxygen atoms in total. The number of rotatable bonds is 6. The van der Waals surface area contributed by atoms with Crippen molar-refractivity contribution in [3.8, 4) is 11.6 Å². The maximum atomic E-state index is 12.3. The molecule has 1 saturated heterocycles. The Hall–Kier alpha value is -3.72. The molecule has 0 aliphatic carbocycles. The molecule has 2 aromatic carbocycles. The SMILES string of the molecule is O=C(/C=C/c1ccc(N2CCCS2(=O)=O)cc1)Nc1cccc(Oc2cnccn2)c1. The van der Waals surface area contributed by atoms with Gasteiger partial charge < -0.3 is 10.1 Å². The fourth-order valence-electron chi connectivity index (χ4n) is 3.13. The molecule has 0 atom stereocenters. The fraction of sp³-hybridized carbons (Fsp3) is 0.136. The average molecular weight is 436 g/mol. The topological polar surface area (TPSA) is 101 Å². The van der Waals surface area contributed by atoms with Gasteiger partial charge in [0, 0.05) is 36.8 Å². The van der Waals surface area contributed by atoms with Crippen LogP contribution in [0, 0.1) is 0 Å². The summed E-state index contributed by atoms with van der Waals surface area (Å²) in [4.78, 5) is 20.3. The first-order valence-corrected chi connectivity index (χ1v) is 11.2. The van der Waals surface area contributed by atoms with Gasteiger partial charge in [-0.15, -0.1) is 0 Å². The molecule has 0 radical (unpaired) electrons. The van der Waals surface area contributed by atoms with Crippen LogP contribution in [0.25, 0.3) is 6.08 Å². The molecular weight excluding hydrogens is 416 g/mol. The van der Waals surface area contributed by atoms with Crippen molar-refractivity contribution in [2.75, 3.05) is 21.9 Å². The van der Waals surface area contributed by atoms with E-state index in [1.54, 1.807) is 60.8 Å². The highest BCUT2D eigenvalue weighted by atomic mass is 32.2. The van der Waals surface area contributed by atoms with Gasteiger partial charge in [-0.3, -0.25) is 14.1 Å².